The normalized spacial score (nSPS) is 11.4. The van der Waals surface area contributed by atoms with Gasteiger partial charge in [0.2, 0.25) is 5.16 Å². The van der Waals surface area contributed by atoms with Crippen LogP contribution >= 0.6 is 27.7 Å². The van der Waals surface area contributed by atoms with E-state index in [4.69, 9.17) is 9.47 Å². The molecular weight excluding hydrogens is 380 g/mol. The van der Waals surface area contributed by atoms with E-state index in [1.54, 1.807) is 25.1 Å². The molecule has 0 saturated heterocycles. The first-order valence-corrected chi connectivity index (χ1v) is 8.98. The van der Waals surface area contributed by atoms with Gasteiger partial charge in [-0.05, 0) is 18.4 Å². The predicted molar refractivity (Wildman–Crippen MR) is 96.1 cm³/mol. The van der Waals surface area contributed by atoms with E-state index < -0.39 is 0 Å². The summed E-state index contributed by atoms with van der Waals surface area (Å²) in [7, 11) is 3.21. The number of methoxy groups -OCH3 is 2. The van der Waals surface area contributed by atoms with Crippen LogP contribution in [0.3, 0.4) is 0 Å². The molecule has 0 spiro atoms. The van der Waals surface area contributed by atoms with Crippen molar-refractivity contribution in [2.45, 2.75) is 24.9 Å². The molecule has 0 fully saturated rings. The Bertz CT molecular complexity index is 716. The fourth-order valence-electron chi connectivity index (χ4n) is 2.05. The number of aromatic nitrogens is 3. The summed E-state index contributed by atoms with van der Waals surface area (Å²) in [5, 5.41) is 13.6. The Kier molecular flexibility index (Phi) is 6.06. The maximum Gasteiger partial charge on any atom is 0.211 e. The zero-order valence-electron chi connectivity index (χ0n) is 13.7. The molecule has 0 unspecified atom stereocenters. The zero-order valence-corrected chi connectivity index (χ0v) is 16.1. The van der Waals surface area contributed by atoms with Crippen molar-refractivity contribution in [2.24, 2.45) is 5.10 Å². The third-order valence-corrected chi connectivity index (χ3v) is 4.20. The summed E-state index contributed by atoms with van der Waals surface area (Å²) in [6.45, 7) is 4.12. The van der Waals surface area contributed by atoms with Crippen molar-refractivity contribution >= 4 is 33.9 Å². The van der Waals surface area contributed by atoms with Gasteiger partial charge >= 0.3 is 0 Å². The van der Waals surface area contributed by atoms with Gasteiger partial charge in [0, 0.05) is 16.0 Å². The molecule has 0 aliphatic heterocycles. The van der Waals surface area contributed by atoms with Gasteiger partial charge in [-0.2, -0.15) is 9.78 Å². The quantitative estimate of drug-likeness (QED) is 0.547. The summed E-state index contributed by atoms with van der Waals surface area (Å²) in [5.74, 6) is 2.30. The molecule has 0 radical (unpaired) electrons. The van der Waals surface area contributed by atoms with Crippen LogP contribution in [0.1, 0.15) is 31.2 Å². The molecule has 0 N–H and O–H groups in total. The monoisotopic (exact) mass is 398 g/mol. The molecular formula is C15H19BrN4O2S. The van der Waals surface area contributed by atoms with Crippen LogP contribution in [0.2, 0.25) is 0 Å². The van der Waals surface area contributed by atoms with Crippen molar-refractivity contribution in [3.05, 3.63) is 28.0 Å². The van der Waals surface area contributed by atoms with Crippen LogP contribution < -0.4 is 9.47 Å². The van der Waals surface area contributed by atoms with Crippen LogP contribution in [0.15, 0.2) is 26.9 Å². The molecule has 0 aliphatic carbocycles. The van der Waals surface area contributed by atoms with Gasteiger partial charge in [0.15, 0.2) is 17.3 Å². The van der Waals surface area contributed by atoms with Gasteiger partial charge < -0.3 is 9.47 Å². The number of ether oxygens (including phenoxy) is 2. The molecule has 0 saturated carbocycles. The minimum atomic E-state index is 0.222. The van der Waals surface area contributed by atoms with Gasteiger partial charge in [-0.25, -0.2) is 0 Å². The fraction of sp³-hybridized carbons (Fsp3) is 0.400. The Labute approximate surface area is 148 Å². The third kappa shape index (κ3) is 3.87. The Morgan fingerprint density at radius 1 is 1.26 bits per heavy atom. The molecule has 23 heavy (non-hydrogen) atoms. The molecule has 1 heterocycles. The van der Waals surface area contributed by atoms with Gasteiger partial charge in [0.1, 0.15) is 0 Å². The summed E-state index contributed by atoms with van der Waals surface area (Å²) in [5.41, 5.74) is 0.800. The highest BCUT2D eigenvalue weighted by atomic mass is 79.9. The maximum atomic E-state index is 5.44. The van der Waals surface area contributed by atoms with Gasteiger partial charge in [0.25, 0.3) is 0 Å². The lowest BCUT2D eigenvalue weighted by Gasteiger charge is -2.11. The lowest BCUT2D eigenvalue weighted by Crippen LogP contribution is -2.03. The van der Waals surface area contributed by atoms with Crippen molar-refractivity contribution in [2.75, 3.05) is 20.5 Å². The predicted octanol–water partition coefficient (Wildman–Crippen LogP) is 3.79. The summed E-state index contributed by atoms with van der Waals surface area (Å²) < 4.78 is 13.4. The van der Waals surface area contributed by atoms with E-state index in [9.17, 15) is 0 Å². The van der Waals surface area contributed by atoms with Crippen LogP contribution in [-0.2, 0) is 0 Å². The second kappa shape index (κ2) is 7.83. The van der Waals surface area contributed by atoms with E-state index >= 15 is 0 Å². The van der Waals surface area contributed by atoms with Crippen molar-refractivity contribution in [1.82, 2.24) is 14.9 Å². The Hall–Kier alpha value is -1.54. The van der Waals surface area contributed by atoms with Gasteiger partial charge in [-0.3, -0.25) is 0 Å². The molecule has 0 bridgehead atoms. The number of rotatable bonds is 6. The fourth-order valence-corrected chi connectivity index (χ4v) is 2.94. The van der Waals surface area contributed by atoms with Crippen molar-refractivity contribution in [1.29, 1.82) is 0 Å². The van der Waals surface area contributed by atoms with Gasteiger partial charge in [-0.1, -0.05) is 41.5 Å². The molecule has 6 nitrogen and oxygen atoms in total. The summed E-state index contributed by atoms with van der Waals surface area (Å²) in [4.78, 5) is 0. The van der Waals surface area contributed by atoms with Crippen molar-refractivity contribution < 1.29 is 9.47 Å². The molecule has 8 heteroatoms. The Morgan fingerprint density at radius 3 is 2.57 bits per heavy atom. The number of hydrogen-bond donors (Lipinski definition) is 0. The first kappa shape index (κ1) is 17.8. The zero-order chi connectivity index (χ0) is 17.0. The van der Waals surface area contributed by atoms with E-state index in [0.717, 1.165) is 21.0 Å². The summed E-state index contributed by atoms with van der Waals surface area (Å²) >= 11 is 4.97. The number of nitrogens with zero attached hydrogens (tertiary/aromatic N) is 4. The highest BCUT2D eigenvalue weighted by Gasteiger charge is 2.15. The number of thioether (sulfide) groups is 1. The standard InChI is InChI=1S/C15H19BrN4O2S/c1-9(2)14-18-19-15(23-5)20(14)17-8-10-6-11(16)7-12(21-3)13(10)22-4/h6-9H,1-5H3/b17-8-. The molecule has 1 aromatic heterocycles. The van der Waals surface area contributed by atoms with E-state index in [0.29, 0.717) is 11.5 Å². The first-order chi connectivity index (χ1) is 11.0. The van der Waals surface area contributed by atoms with Gasteiger partial charge in [-0.15, -0.1) is 10.2 Å². The Balaban J connectivity index is 2.49. The summed E-state index contributed by atoms with van der Waals surface area (Å²) in [6, 6.07) is 3.77. The van der Waals surface area contributed by atoms with Gasteiger partial charge in [0.05, 0.1) is 20.4 Å². The smallest absolute Gasteiger partial charge is 0.211 e. The second-order valence-electron chi connectivity index (χ2n) is 4.99. The Morgan fingerprint density at radius 2 is 2.00 bits per heavy atom. The number of halogens is 1. The van der Waals surface area contributed by atoms with Crippen LogP contribution in [0.5, 0.6) is 11.5 Å². The first-order valence-electron chi connectivity index (χ1n) is 6.97. The molecule has 0 aliphatic rings. The molecule has 2 aromatic rings. The SMILES string of the molecule is COc1cc(Br)cc(/C=N\n2c(SC)nnc2C(C)C)c1OC. The number of hydrogen-bond acceptors (Lipinski definition) is 6. The molecule has 1 aromatic carbocycles. The van der Waals surface area contributed by atoms with Crippen LogP contribution in [0.4, 0.5) is 0 Å². The molecule has 0 amide bonds. The molecule has 0 atom stereocenters. The van der Waals surface area contributed by atoms with E-state index in [1.807, 2.05) is 18.4 Å². The highest BCUT2D eigenvalue weighted by Crippen LogP contribution is 2.33. The third-order valence-electron chi connectivity index (χ3n) is 3.12. The van der Waals surface area contributed by atoms with Crippen LogP contribution in [0, 0.1) is 0 Å². The maximum absolute atomic E-state index is 5.44. The topological polar surface area (TPSA) is 61.5 Å². The average Bonchev–Trinajstić information content (AvgIpc) is 2.95. The largest absolute Gasteiger partial charge is 0.493 e. The minimum Gasteiger partial charge on any atom is -0.493 e. The van der Waals surface area contributed by atoms with Crippen molar-refractivity contribution in [3.63, 3.8) is 0 Å². The van der Waals surface area contributed by atoms with E-state index in [2.05, 4.69) is 45.1 Å². The lowest BCUT2D eigenvalue weighted by molar-refractivity contribution is 0.354. The van der Waals surface area contributed by atoms with E-state index in [1.165, 1.54) is 11.8 Å². The number of benzene rings is 1. The minimum absolute atomic E-state index is 0.222. The van der Waals surface area contributed by atoms with E-state index in [-0.39, 0.29) is 5.92 Å². The molecule has 124 valence electrons. The molecule has 2 rings (SSSR count). The second-order valence-corrected chi connectivity index (χ2v) is 6.68. The average molecular weight is 399 g/mol. The summed E-state index contributed by atoms with van der Waals surface area (Å²) in [6.07, 6.45) is 3.67. The van der Waals surface area contributed by atoms with Crippen LogP contribution in [-0.4, -0.2) is 41.6 Å². The highest BCUT2D eigenvalue weighted by molar-refractivity contribution is 9.10. The lowest BCUT2D eigenvalue weighted by atomic mass is 10.2. The van der Waals surface area contributed by atoms with Crippen LogP contribution in [0.25, 0.3) is 0 Å². The van der Waals surface area contributed by atoms with Crippen molar-refractivity contribution in [3.8, 4) is 11.5 Å².